The summed E-state index contributed by atoms with van der Waals surface area (Å²) in [5.74, 6) is 0.759. The van der Waals surface area contributed by atoms with E-state index in [1.807, 2.05) is 34.9 Å². The molecule has 2 heterocycles. The molecule has 2 aliphatic rings. The predicted octanol–water partition coefficient (Wildman–Crippen LogP) is 4.65. The number of benzene rings is 2. The van der Waals surface area contributed by atoms with Crippen LogP contribution in [0.4, 0.5) is 4.79 Å². The number of urea groups is 1. The molecule has 4 rings (SSSR count). The van der Waals surface area contributed by atoms with Gasteiger partial charge in [0.1, 0.15) is 0 Å². The summed E-state index contributed by atoms with van der Waals surface area (Å²) >= 11 is 0. The molecule has 0 bridgehead atoms. The van der Waals surface area contributed by atoms with Crippen LogP contribution in [-0.2, 0) is 11.2 Å². The quantitative estimate of drug-likeness (QED) is 0.746. The van der Waals surface area contributed by atoms with Crippen LogP contribution in [0.15, 0.2) is 60.7 Å². The Balaban J connectivity index is 1.36. The molecule has 0 aliphatic carbocycles. The van der Waals surface area contributed by atoms with Gasteiger partial charge in [-0.05, 0) is 56.1 Å². The zero-order valence-corrected chi connectivity index (χ0v) is 19.1. The van der Waals surface area contributed by atoms with Crippen LogP contribution >= 0.6 is 0 Å². The molecule has 2 aliphatic heterocycles. The number of nitrogens with one attached hydrogen (secondary N) is 1. The highest BCUT2D eigenvalue weighted by atomic mass is 16.2. The van der Waals surface area contributed by atoms with Gasteiger partial charge in [-0.25, -0.2) is 4.79 Å². The maximum atomic E-state index is 13.4. The molecule has 0 spiro atoms. The van der Waals surface area contributed by atoms with E-state index in [2.05, 4.69) is 47.8 Å². The zero-order chi connectivity index (χ0) is 22.3. The van der Waals surface area contributed by atoms with E-state index in [1.165, 1.54) is 5.56 Å². The number of rotatable bonds is 5. The van der Waals surface area contributed by atoms with Crippen molar-refractivity contribution in [1.29, 1.82) is 0 Å². The lowest BCUT2D eigenvalue weighted by molar-refractivity contribution is -0.138. The molecular formula is C27H35N3O2. The molecule has 0 aromatic heterocycles. The average molecular weight is 434 g/mol. The van der Waals surface area contributed by atoms with Gasteiger partial charge >= 0.3 is 6.03 Å². The van der Waals surface area contributed by atoms with E-state index < -0.39 is 0 Å². The third-order valence-electron chi connectivity index (χ3n) is 7.00. The monoisotopic (exact) mass is 433 g/mol. The molecule has 2 aromatic carbocycles. The molecule has 170 valence electrons. The van der Waals surface area contributed by atoms with Crippen molar-refractivity contribution in [3.05, 3.63) is 71.8 Å². The van der Waals surface area contributed by atoms with Crippen molar-refractivity contribution in [3.8, 4) is 0 Å². The Bertz CT molecular complexity index is 878. The standard InChI is InChI=1S/C27H35N3O2/c1-2-28-27(32)30-20-24(13-14-25(30)23-11-7-4-8-12-23)26(31)29-17-15-22(16-18-29)19-21-9-5-3-6-10-21/h3-12,22,24-25H,2,13-20H2,1H3,(H,28,32). The van der Waals surface area contributed by atoms with Gasteiger partial charge in [0.15, 0.2) is 0 Å². The first kappa shape index (κ1) is 22.4. The summed E-state index contributed by atoms with van der Waals surface area (Å²) in [6, 6.07) is 20.8. The molecule has 2 aromatic rings. The topological polar surface area (TPSA) is 52.7 Å². The highest BCUT2D eigenvalue weighted by Crippen LogP contribution is 2.35. The number of carbonyl (C=O) groups is 2. The molecule has 5 nitrogen and oxygen atoms in total. The van der Waals surface area contributed by atoms with Gasteiger partial charge in [-0.1, -0.05) is 60.7 Å². The smallest absolute Gasteiger partial charge is 0.317 e. The lowest BCUT2D eigenvalue weighted by atomic mass is 9.86. The number of nitrogens with zero attached hydrogens (tertiary/aromatic N) is 2. The summed E-state index contributed by atoms with van der Waals surface area (Å²) < 4.78 is 0. The first-order valence-electron chi connectivity index (χ1n) is 12.1. The van der Waals surface area contributed by atoms with Crippen LogP contribution in [0.5, 0.6) is 0 Å². The summed E-state index contributed by atoms with van der Waals surface area (Å²) in [6.07, 6.45) is 4.86. The molecule has 2 fully saturated rings. The predicted molar refractivity (Wildman–Crippen MR) is 127 cm³/mol. The minimum atomic E-state index is -0.108. The van der Waals surface area contributed by atoms with Gasteiger partial charge in [0.25, 0.3) is 0 Å². The molecule has 5 heteroatoms. The normalized spacial score (nSPS) is 21.9. The Morgan fingerprint density at radius 1 is 0.906 bits per heavy atom. The minimum Gasteiger partial charge on any atom is -0.342 e. The first-order valence-corrected chi connectivity index (χ1v) is 12.1. The highest BCUT2D eigenvalue weighted by molar-refractivity contribution is 5.81. The fourth-order valence-corrected chi connectivity index (χ4v) is 5.23. The van der Waals surface area contributed by atoms with Crippen LogP contribution < -0.4 is 5.32 Å². The summed E-state index contributed by atoms with van der Waals surface area (Å²) in [6.45, 7) is 4.67. The summed E-state index contributed by atoms with van der Waals surface area (Å²) in [5, 5.41) is 2.95. The minimum absolute atomic E-state index is 0.0309. The van der Waals surface area contributed by atoms with Crippen molar-refractivity contribution < 1.29 is 9.59 Å². The molecule has 2 atom stereocenters. The van der Waals surface area contributed by atoms with Crippen molar-refractivity contribution in [1.82, 2.24) is 15.1 Å². The Morgan fingerprint density at radius 2 is 1.56 bits per heavy atom. The second kappa shape index (κ2) is 10.7. The van der Waals surface area contributed by atoms with Crippen LogP contribution in [0.3, 0.4) is 0 Å². The fraction of sp³-hybridized carbons (Fsp3) is 0.481. The van der Waals surface area contributed by atoms with Crippen LogP contribution in [0.2, 0.25) is 0 Å². The van der Waals surface area contributed by atoms with E-state index >= 15 is 0 Å². The highest BCUT2D eigenvalue weighted by Gasteiger charge is 2.37. The average Bonchev–Trinajstić information content (AvgIpc) is 2.85. The first-order chi connectivity index (χ1) is 15.7. The van der Waals surface area contributed by atoms with Crippen LogP contribution in [0.1, 0.15) is 49.8 Å². The van der Waals surface area contributed by atoms with Crippen LogP contribution in [0, 0.1) is 11.8 Å². The van der Waals surface area contributed by atoms with Crippen LogP contribution in [-0.4, -0.2) is 47.9 Å². The third kappa shape index (κ3) is 5.32. The van der Waals surface area contributed by atoms with Crippen molar-refractivity contribution in [2.45, 2.75) is 45.1 Å². The fourth-order valence-electron chi connectivity index (χ4n) is 5.23. The maximum absolute atomic E-state index is 13.4. The van der Waals surface area contributed by atoms with Gasteiger partial charge in [-0.2, -0.15) is 0 Å². The number of hydrogen-bond acceptors (Lipinski definition) is 2. The SMILES string of the molecule is CCNC(=O)N1CC(C(=O)N2CCC(Cc3ccccc3)CC2)CCC1c1ccccc1. The third-order valence-corrected chi connectivity index (χ3v) is 7.00. The van der Waals surface area contributed by atoms with Crippen molar-refractivity contribution in [3.63, 3.8) is 0 Å². The summed E-state index contributed by atoms with van der Waals surface area (Å²) in [4.78, 5) is 30.1. The van der Waals surface area contributed by atoms with E-state index in [0.717, 1.165) is 50.8 Å². The molecule has 2 saturated heterocycles. The molecule has 1 N–H and O–H groups in total. The molecule has 0 saturated carbocycles. The van der Waals surface area contributed by atoms with Crippen molar-refractivity contribution >= 4 is 11.9 Å². The van der Waals surface area contributed by atoms with Crippen LogP contribution in [0.25, 0.3) is 0 Å². The van der Waals surface area contributed by atoms with E-state index in [-0.39, 0.29) is 23.9 Å². The van der Waals surface area contributed by atoms with Gasteiger partial charge in [0.05, 0.1) is 12.0 Å². The number of likely N-dealkylation sites (tertiary alicyclic amines) is 2. The van der Waals surface area contributed by atoms with E-state index in [0.29, 0.717) is 19.0 Å². The largest absolute Gasteiger partial charge is 0.342 e. The second-order valence-electron chi connectivity index (χ2n) is 9.15. The van der Waals surface area contributed by atoms with Gasteiger partial charge in [0.2, 0.25) is 5.91 Å². The van der Waals surface area contributed by atoms with Crippen molar-refractivity contribution in [2.24, 2.45) is 11.8 Å². The Labute approximate surface area is 191 Å². The Morgan fingerprint density at radius 3 is 2.22 bits per heavy atom. The van der Waals surface area contributed by atoms with Crippen molar-refractivity contribution in [2.75, 3.05) is 26.2 Å². The number of carbonyl (C=O) groups excluding carboxylic acids is 2. The lowest BCUT2D eigenvalue weighted by Crippen LogP contribution is -2.51. The zero-order valence-electron chi connectivity index (χ0n) is 19.1. The summed E-state index contributed by atoms with van der Waals surface area (Å²) in [5.41, 5.74) is 2.53. The summed E-state index contributed by atoms with van der Waals surface area (Å²) in [7, 11) is 0. The number of hydrogen-bond donors (Lipinski definition) is 1. The van der Waals surface area contributed by atoms with Gasteiger partial charge in [0, 0.05) is 26.2 Å². The molecule has 0 radical (unpaired) electrons. The second-order valence-corrected chi connectivity index (χ2v) is 9.15. The van der Waals surface area contributed by atoms with E-state index in [1.54, 1.807) is 0 Å². The van der Waals surface area contributed by atoms with E-state index in [4.69, 9.17) is 0 Å². The molecule has 32 heavy (non-hydrogen) atoms. The Hall–Kier alpha value is -2.82. The van der Waals surface area contributed by atoms with Gasteiger partial charge in [-0.15, -0.1) is 0 Å². The molecule has 2 unspecified atom stereocenters. The maximum Gasteiger partial charge on any atom is 0.317 e. The number of amides is 3. The van der Waals surface area contributed by atoms with E-state index in [9.17, 15) is 9.59 Å². The number of piperidine rings is 2. The molecular weight excluding hydrogens is 398 g/mol. The van der Waals surface area contributed by atoms with Gasteiger partial charge in [-0.3, -0.25) is 4.79 Å². The Kier molecular flexibility index (Phi) is 7.46. The molecule has 3 amide bonds. The lowest BCUT2D eigenvalue weighted by Gasteiger charge is -2.41. The van der Waals surface area contributed by atoms with Gasteiger partial charge < -0.3 is 15.1 Å².